The van der Waals surface area contributed by atoms with Gasteiger partial charge < -0.3 is 0 Å². The summed E-state index contributed by atoms with van der Waals surface area (Å²) in [5.74, 6) is 0.138. The van der Waals surface area contributed by atoms with Gasteiger partial charge in [0.1, 0.15) is 0 Å². The molecule has 0 spiro atoms. The highest BCUT2D eigenvalue weighted by Gasteiger charge is 2.30. The Hall–Kier alpha value is -0.520. The fourth-order valence-electron chi connectivity index (χ4n) is 1.36. The fraction of sp³-hybridized carbons (Fsp3) is 0.500. The van der Waals surface area contributed by atoms with Crippen molar-refractivity contribution in [2.75, 3.05) is 19.0 Å². The van der Waals surface area contributed by atoms with Gasteiger partial charge in [-0.1, -0.05) is 11.6 Å². The second kappa shape index (κ2) is 6.42. The molecule has 0 atom stereocenters. The molecule has 0 saturated heterocycles. The summed E-state index contributed by atoms with van der Waals surface area (Å²) in [5, 5.41) is 0.356. The highest BCUT2D eigenvalue weighted by Crippen LogP contribution is 2.20. The predicted octanol–water partition coefficient (Wildman–Crippen LogP) is 3.34. The Balaban J connectivity index is 2.70. The molecule has 1 heterocycles. The maximum atomic E-state index is 12.3. The van der Waals surface area contributed by atoms with Crippen LogP contribution in [-0.4, -0.2) is 35.0 Å². The molecule has 0 amide bonds. The number of nitrogens with zero attached hydrogens (tertiary/aromatic N) is 2. The number of hydrogen-bond acceptors (Lipinski definition) is 2. The van der Waals surface area contributed by atoms with Gasteiger partial charge in [0.25, 0.3) is 0 Å². The van der Waals surface area contributed by atoms with E-state index in [1.807, 2.05) is 0 Å². The lowest BCUT2D eigenvalue weighted by atomic mass is 10.2. The van der Waals surface area contributed by atoms with E-state index in [2.05, 4.69) is 4.98 Å². The normalized spacial score (nSPS) is 12.1. The second-order valence-corrected chi connectivity index (χ2v) is 4.27. The summed E-state index contributed by atoms with van der Waals surface area (Å²) in [5.41, 5.74) is 0.607. The minimum atomic E-state index is -4.24. The van der Waals surface area contributed by atoms with Gasteiger partial charge in [0, 0.05) is 31.4 Å². The Kier molecular flexibility index (Phi) is 5.49. The van der Waals surface area contributed by atoms with Gasteiger partial charge in [0.2, 0.25) is 0 Å². The lowest BCUT2D eigenvalue weighted by molar-refractivity contribution is -0.146. The zero-order valence-electron chi connectivity index (χ0n) is 8.84. The van der Waals surface area contributed by atoms with Gasteiger partial charge in [-0.25, -0.2) is 0 Å². The highest BCUT2D eigenvalue weighted by atomic mass is 35.5. The van der Waals surface area contributed by atoms with Crippen LogP contribution in [0.1, 0.15) is 5.56 Å². The summed E-state index contributed by atoms with van der Waals surface area (Å²) in [6, 6.07) is 1.60. The standard InChI is InChI=1S/C10H11Cl2F3N2/c11-2-4-17(7-10(13,14)15)6-8-1-3-16-5-9(8)12/h1,3,5H,2,4,6-7H2. The van der Waals surface area contributed by atoms with Crippen LogP contribution in [-0.2, 0) is 6.54 Å². The van der Waals surface area contributed by atoms with E-state index >= 15 is 0 Å². The molecule has 0 fully saturated rings. The minimum absolute atomic E-state index is 0.105. The van der Waals surface area contributed by atoms with Gasteiger partial charge in [0.05, 0.1) is 11.6 Å². The molecule has 0 N–H and O–H groups in total. The molecule has 96 valence electrons. The lowest BCUT2D eigenvalue weighted by Gasteiger charge is -2.22. The van der Waals surface area contributed by atoms with Crippen LogP contribution in [0.4, 0.5) is 13.2 Å². The molecule has 0 radical (unpaired) electrons. The van der Waals surface area contributed by atoms with Crippen molar-refractivity contribution in [2.45, 2.75) is 12.7 Å². The molecule has 0 bridgehead atoms. The molecule has 0 aromatic carbocycles. The monoisotopic (exact) mass is 286 g/mol. The van der Waals surface area contributed by atoms with E-state index in [0.29, 0.717) is 10.6 Å². The largest absolute Gasteiger partial charge is 0.401 e. The molecule has 17 heavy (non-hydrogen) atoms. The van der Waals surface area contributed by atoms with Crippen LogP contribution in [0.3, 0.4) is 0 Å². The topological polar surface area (TPSA) is 16.1 Å². The molecule has 0 saturated carbocycles. The molecule has 2 nitrogen and oxygen atoms in total. The first-order valence-electron chi connectivity index (χ1n) is 4.86. The predicted molar refractivity (Wildman–Crippen MR) is 61.3 cm³/mol. The molecule has 7 heteroatoms. The lowest BCUT2D eigenvalue weighted by Crippen LogP contribution is -2.35. The summed E-state index contributed by atoms with van der Waals surface area (Å²) in [7, 11) is 0. The van der Waals surface area contributed by atoms with Crippen LogP contribution >= 0.6 is 23.2 Å². The van der Waals surface area contributed by atoms with E-state index in [0.717, 1.165) is 0 Å². The Morgan fingerprint density at radius 2 is 2.06 bits per heavy atom. The fourth-order valence-corrected chi connectivity index (χ4v) is 1.78. The van der Waals surface area contributed by atoms with Gasteiger partial charge in [-0.3, -0.25) is 9.88 Å². The number of alkyl halides is 4. The highest BCUT2D eigenvalue weighted by molar-refractivity contribution is 6.31. The van der Waals surface area contributed by atoms with Crippen LogP contribution in [0.5, 0.6) is 0 Å². The van der Waals surface area contributed by atoms with Crippen LogP contribution in [0.25, 0.3) is 0 Å². The summed E-state index contributed by atoms with van der Waals surface area (Å²) >= 11 is 11.3. The molecular formula is C10H11Cl2F3N2. The van der Waals surface area contributed by atoms with Crippen molar-refractivity contribution >= 4 is 23.2 Å². The molecule has 1 aromatic heterocycles. The van der Waals surface area contributed by atoms with Crippen LogP contribution in [0, 0.1) is 0 Å². The Morgan fingerprint density at radius 3 is 2.59 bits per heavy atom. The zero-order chi connectivity index (χ0) is 12.9. The first-order chi connectivity index (χ1) is 7.92. The van der Waals surface area contributed by atoms with Gasteiger partial charge in [-0.05, 0) is 11.6 Å². The average Bonchev–Trinajstić information content (AvgIpc) is 2.19. The van der Waals surface area contributed by atoms with E-state index in [-0.39, 0.29) is 19.0 Å². The van der Waals surface area contributed by atoms with E-state index in [1.54, 1.807) is 6.07 Å². The van der Waals surface area contributed by atoms with E-state index < -0.39 is 12.7 Å². The summed E-state index contributed by atoms with van der Waals surface area (Å²) in [6.45, 7) is -0.744. The number of pyridine rings is 1. The number of hydrogen-bond donors (Lipinski definition) is 0. The third-order valence-electron chi connectivity index (χ3n) is 2.05. The molecule has 0 aliphatic carbocycles. The van der Waals surface area contributed by atoms with Gasteiger partial charge in [0.15, 0.2) is 0 Å². The maximum Gasteiger partial charge on any atom is 0.401 e. The van der Waals surface area contributed by atoms with Crippen molar-refractivity contribution < 1.29 is 13.2 Å². The van der Waals surface area contributed by atoms with Crippen LogP contribution in [0.15, 0.2) is 18.5 Å². The Morgan fingerprint density at radius 1 is 1.35 bits per heavy atom. The van der Waals surface area contributed by atoms with E-state index in [1.165, 1.54) is 17.3 Å². The van der Waals surface area contributed by atoms with Crippen molar-refractivity contribution in [3.05, 3.63) is 29.0 Å². The molecule has 0 aliphatic heterocycles. The minimum Gasteiger partial charge on any atom is -0.289 e. The van der Waals surface area contributed by atoms with Crippen LogP contribution < -0.4 is 0 Å². The van der Waals surface area contributed by atoms with Gasteiger partial charge >= 0.3 is 6.18 Å². The average molecular weight is 287 g/mol. The van der Waals surface area contributed by atoms with Gasteiger partial charge in [-0.15, -0.1) is 11.6 Å². The smallest absolute Gasteiger partial charge is 0.289 e. The maximum absolute atomic E-state index is 12.3. The summed E-state index contributed by atoms with van der Waals surface area (Å²) in [6.07, 6.45) is -1.34. The first kappa shape index (κ1) is 14.5. The molecule has 1 rings (SSSR count). The third kappa shape index (κ3) is 5.57. The summed E-state index contributed by atoms with van der Waals surface area (Å²) in [4.78, 5) is 4.98. The van der Waals surface area contributed by atoms with Crippen molar-refractivity contribution in [1.29, 1.82) is 0 Å². The first-order valence-corrected chi connectivity index (χ1v) is 5.77. The van der Waals surface area contributed by atoms with Crippen molar-refractivity contribution in [3.8, 4) is 0 Å². The van der Waals surface area contributed by atoms with Gasteiger partial charge in [-0.2, -0.15) is 13.2 Å². The molecule has 0 aliphatic rings. The summed E-state index contributed by atoms with van der Waals surface area (Å²) < 4.78 is 36.9. The quantitative estimate of drug-likeness (QED) is 0.772. The Bertz CT molecular complexity index is 358. The number of rotatable bonds is 5. The molecule has 1 aromatic rings. The molecule has 0 unspecified atom stereocenters. The Labute approximate surface area is 107 Å². The van der Waals surface area contributed by atoms with E-state index in [4.69, 9.17) is 23.2 Å². The van der Waals surface area contributed by atoms with E-state index in [9.17, 15) is 13.2 Å². The number of aromatic nitrogens is 1. The molecular weight excluding hydrogens is 276 g/mol. The van der Waals surface area contributed by atoms with Crippen molar-refractivity contribution in [2.24, 2.45) is 0 Å². The SMILES string of the molecule is FC(F)(F)CN(CCCl)Cc1ccncc1Cl. The van der Waals surface area contributed by atoms with Crippen molar-refractivity contribution in [3.63, 3.8) is 0 Å². The van der Waals surface area contributed by atoms with Crippen molar-refractivity contribution in [1.82, 2.24) is 9.88 Å². The third-order valence-corrected chi connectivity index (χ3v) is 2.56. The van der Waals surface area contributed by atoms with Crippen LogP contribution in [0.2, 0.25) is 5.02 Å². The zero-order valence-corrected chi connectivity index (χ0v) is 10.4. The second-order valence-electron chi connectivity index (χ2n) is 3.48. The number of halogens is 5.